The van der Waals surface area contributed by atoms with Gasteiger partial charge in [-0.05, 0) is 78.2 Å². The number of rotatable bonds is 7. The van der Waals surface area contributed by atoms with E-state index in [1.54, 1.807) is 0 Å². The minimum absolute atomic E-state index is 0.125. The van der Waals surface area contributed by atoms with E-state index in [1.807, 2.05) is 4.90 Å². The van der Waals surface area contributed by atoms with E-state index in [9.17, 15) is 4.79 Å². The molecule has 1 aliphatic heterocycles. The SMILES string of the molecule is CCC(NCC(C)C)C1CCCC2CN(C(=O)OCC3c4ccccc4-c4ccccc43)CCC21. The van der Waals surface area contributed by atoms with E-state index in [0.717, 1.165) is 37.9 Å². The Bertz CT molecular complexity index is 973. The highest BCUT2D eigenvalue weighted by Gasteiger charge is 2.41. The molecule has 1 saturated carbocycles. The van der Waals surface area contributed by atoms with Crippen LogP contribution in [0.15, 0.2) is 48.5 Å². The first-order valence-electron chi connectivity index (χ1n) is 13.9. The largest absolute Gasteiger partial charge is 0.448 e. The molecule has 5 rings (SSSR count). The maximum atomic E-state index is 13.2. The molecule has 1 heterocycles. The number of carbonyl (C=O) groups excluding carboxylic acids is 1. The van der Waals surface area contributed by atoms with Crippen molar-refractivity contribution in [3.63, 3.8) is 0 Å². The first-order valence-corrected chi connectivity index (χ1v) is 13.9. The van der Waals surface area contributed by atoms with Gasteiger partial charge in [0, 0.05) is 25.0 Å². The van der Waals surface area contributed by atoms with E-state index < -0.39 is 0 Å². The Morgan fingerprint density at radius 3 is 2.37 bits per heavy atom. The van der Waals surface area contributed by atoms with Gasteiger partial charge in [0.2, 0.25) is 0 Å². The van der Waals surface area contributed by atoms with Crippen molar-refractivity contribution in [2.75, 3.05) is 26.2 Å². The van der Waals surface area contributed by atoms with Gasteiger partial charge in [-0.25, -0.2) is 4.79 Å². The summed E-state index contributed by atoms with van der Waals surface area (Å²) in [5.41, 5.74) is 5.09. The summed E-state index contributed by atoms with van der Waals surface area (Å²) in [4.78, 5) is 15.2. The molecule has 4 unspecified atom stereocenters. The molecule has 4 heteroatoms. The van der Waals surface area contributed by atoms with Crippen molar-refractivity contribution < 1.29 is 9.53 Å². The standard InChI is InChI=1S/C31H42N2O2/c1-4-30(32-18-21(2)3)28-15-9-10-22-19-33(17-16-23(22)28)31(34)35-20-29-26-13-7-5-11-24(26)25-12-6-8-14-27(25)29/h5-8,11-14,21-23,28-30,32H,4,9-10,15-20H2,1-3H3. The normalized spacial score (nSPS) is 24.6. The van der Waals surface area contributed by atoms with Crippen molar-refractivity contribution in [1.82, 2.24) is 10.2 Å². The Hall–Kier alpha value is -2.33. The highest BCUT2D eigenvalue weighted by molar-refractivity contribution is 5.79. The molecule has 2 aromatic carbocycles. The molecule has 188 valence electrons. The van der Waals surface area contributed by atoms with Crippen LogP contribution in [0.4, 0.5) is 4.79 Å². The molecule has 0 spiro atoms. The average Bonchev–Trinajstić information content (AvgIpc) is 3.21. The topological polar surface area (TPSA) is 41.6 Å². The van der Waals surface area contributed by atoms with Gasteiger partial charge < -0.3 is 15.0 Å². The Morgan fingerprint density at radius 2 is 1.71 bits per heavy atom. The third kappa shape index (κ3) is 5.00. The van der Waals surface area contributed by atoms with Crippen molar-refractivity contribution in [1.29, 1.82) is 0 Å². The van der Waals surface area contributed by atoms with Crippen molar-refractivity contribution >= 4 is 6.09 Å². The first-order chi connectivity index (χ1) is 17.1. The van der Waals surface area contributed by atoms with Gasteiger partial charge >= 0.3 is 6.09 Å². The second-order valence-corrected chi connectivity index (χ2v) is 11.4. The molecule has 1 saturated heterocycles. The zero-order chi connectivity index (χ0) is 24.4. The van der Waals surface area contributed by atoms with Crippen LogP contribution in [0.1, 0.15) is 69.9 Å². The summed E-state index contributed by atoms with van der Waals surface area (Å²) in [6.45, 7) is 10.1. The second kappa shape index (κ2) is 10.7. The number of hydrogen-bond donors (Lipinski definition) is 1. The van der Waals surface area contributed by atoms with Gasteiger partial charge in [0.05, 0.1) is 0 Å². The van der Waals surface area contributed by atoms with E-state index in [4.69, 9.17) is 4.74 Å². The molecule has 2 aliphatic carbocycles. The van der Waals surface area contributed by atoms with Crippen molar-refractivity contribution in [2.45, 2.75) is 64.8 Å². The number of benzene rings is 2. The summed E-state index contributed by atoms with van der Waals surface area (Å²) >= 11 is 0. The van der Waals surface area contributed by atoms with Crippen LogP contribution in [0.25, 0.3) is 11.1 Å². The van der Waals surface area contributed by atoms with Crippen LogP contribution in [-0.2, 0) is 4.74 Å². The number of amides is 1. The fourth-order valence-corrected chi connectivity index (χ4v) is 7.09. The molecule has 35 heavy (non-hydrogen) atoms. The van der Waals surface area contributed by atoms with Crippen molar-refractivity contribution in [2.24, 2.45) is 23.7 Å². The van der Waals surface area contributed by atoms with E-state index in [0.29, 0.717) is 24.5 Å². The Morgan fingerprint density at radius 1 is 1.03 bits per heavy atom. The van der Waals surface area contributed by atoms with E-state index >= 15 is 0 Å². The lowest BCUT2D eigenvalue weighted by Gasteiger charge is -2.47. The molecule has 0 radical (unpaired) electrons. The second-order valence-electron chi connectivity index (χ2n) is 11.4. The van der Waals surface area contributed by atoms with Crippen LogP contribution >= 0.6 is 0 Å². The quantitative estimate of drug-likeness (QED) is 0.486. The van der Waals surface area contributed by atoms with Crippen molar-refractivity contribution in [3.05, 3.63) is 59.7 Å². The minimum atomic E-state index is -0.127. The molecule has 0 aromatic heterocycles. The summed E-state index contributed by atoms with van der Waals surface area (Å²) in [5, 5.41) is 3.87. The summed E-state index contributed by atoms with van der Waals surface area (Å²) in [7, 11) is 0. The Balaban J connectivity index is 1.20. The van der Waals surface area contributed by atoms with E-state index in [2.05, 4.69) is 74.6 Å². The van der Waals surface area contributed by atoms with E-state index in [-0.39, 0.29) is 12.0 Å². The molecular formula is C31H42N2O2. The third-order valence-corrected chi connectivity index (χ3v) is 8.79. The highest BCUT2D eigenvalue weighted by Crippen LogP contribution is 2.45. The van der Waals surface area contributed by atoms with Crippen LogP contribution in [0.3, 0.4) is 0 Å². The van der Waals surface area contributed by atoms with Gasteiger partial charge in [-0.1, -0.05) is 75.7 Å². The monoisotopic (exact) mass is 474 g/mol. The molecule has 3 aliphatic rings. The lowest BCUT2D eigenvalue weighted by Crippen LogP contribution is -2.51. The predicted molar refractivity (Wildman–Crippen MR) is 142 cm³/mol. The summed E-state index contributed by atoms with van der Waals surface area (Å²) in [6.07, 6.45) is 6.03. The lowest BCUT2D eigenvalue weighted by atomic mass is 9.66. The molecule has 4 nitrogen and oxygen atoms in total. The number of likely N-dealkylation sites (tertiary alicyclic amines) is 1. The summed E-state index contributed by atoms with van der Waals surface area (Å²) in [5.74, 6) is 2.88. The van der Waals surface area contributed by atoms with Crippen LogP contribution < -0.4 is 5.32 Å². The number of nitrogens with one attached hydrogen (secondary N) is 1. The smallest absolute Gasteiger partial charge is 0.409 e. The summed E-state index contributed by atoms with van der Waals surface area (Å²) in [6, 6.07) is 17.7. The molecule has 1 amide bonds. The highest BCUT2D eigenvalue weighted by atomic mass is 16.6. The van der Waals surface area contributed by atoms with Gasteiger partial charge in [0.25, 0.3) is 0 Å². The van der Waals surface area contributed by atoms with Gasteiger partial charge in [-0.3, -0.25) is 0 Å². The maximum absolute atomic E-state index is 13.2. The van der Waals surface area contributed by atoms with Gasteiger partial charge in [0.15, 0.2) is 0 Å². The maximum Gasteiger partial charge on any atom is 0.409 e. The molecule has 4 atom stereocenters. The summed E-state index contributed by atoms with van der Waals surface area (Å²) < 4.78 is 5.99. The number of fused-ring (bicyclic) bond motifs is 4. The van der Waals surface area contributed by atoms with E-state index in [1.165, 1.54) is 47.9 Å². The first kappa shape index (κ1) is 24.4. The van der Waals surface area contributed by atoms with Crippen LogP contribution in [0.2, 0.25) is 0 Å². The van der Waals surface area contributed by atoms with Gasteiger partial charge in [-0.15, -0.1) is 0 Å². The van der Waals surface area contributed by atoms with Gasteiger partial charge in [-0.2, -0.15) is 0 Å². The fourth-order valence-electron chi connectivity index (χ4n) is 7.09. The van der Waals surface area contributed by atoms with Gasteiger partial charge in [0.1, 0.15) is 6.61 Å². The predicted octanol–water partition coefficient (Wildman–Crippen LogP) is 6.70. The zero-order valence-corrected chi connectivity index (χ0v) is 21.7. The molecule has 1 N–H and O–H groups in total. The number of piperidine rings is 1. The number of ether oxygens (including phenoxy) is 1. The van der Waals surface area contributed by atoms with Crippen LogP contribution in [-0.4, -0.2) is 43.3 Å². The average molecular weight is 475 g/mol. The molecular weight excluding hydrogens is 432 g/mol. The Labute approximate surface area is 211 Å². The fraction of sp³-hybridized carbons (Fsp3) is 0.581. The number of carbonyl (C=O) groups is 1. The molecule has 2 aromatic rings. The third-order valence-electron chi connectivity index (χ3n) is 8.79. The van der Waals surface area contributed by atoms with Crippen LogP contribution in [0.5, 0.6) is 0 Å². The molecule has 2 fully saturated rings. The minimum Gasteiger partial charge on any atom is -0.448 e. The Kier molecular flexibility index (Phi) is 7.48. The van der Waals surface area contributed by atoms with Crippen molar-refractivity contribution in [3.8, 4) is 11.1 Å². The number of hydrogen-bond acceptors (Lipinski definition) is 3. The lowest BCUT2D eigenvalue weighted by molar-refractivity contribution is 0.0219. The number of nitrogens with zero attached hydrogens (tertiary/aromatic N) is 1. The molecule has 0 bridgehead atoms. The zero-order valence-electron chi connectivity index (χ0n) is 21.7. The van der Waals surface area contributed by atoms with Crippen LogP contribution in [0, 0.1) is 23.7 Å².